The van der Waals surface area contributed by atoms with Gasteiger partial charge >= 0.3 is 0 Å². The van der Waals surface area contributed by atoms with Crippen LogP contribution >= 0.6 is 0 Å². The third-order valence-electron chi connectivity index (χ3n) is 18.0. The number of nitrogen functional groups attached to an aromatic ring is 6. The molecule has 0 atom stereocenters. The molecule has 12 rings (SSSR count). The third kappa shape index (κ3) is 17.8. The molecule has 4 aliphatic carbocycles. The predicted octanol–water partition coefficient (Wildman–Crippen LogP) is 12.4. The molecule has 504 valence electrons. The number of aryl methyl sites for hydroxylation is 4. The summed E-state index contributed by atoms with van der Waals surface area (Å²) in [5, 5.41) is 17.8. The maximum atomic E-state index is 6.01. The largest absolute Gasteiger partial charge is 0.399 e. The Hall–Kier alpha value is -12.3. The number of nitrogens with two attached hydrogens (primary N) is 9. The summed E-state index contributed by atoms with van der Waals surface area (Å²) in [7, 11) is 12.4. The zero-order valence-corrected chi connectivity index (χ0v) is 59.8. The van der Waals surface area contributed by atoms with Crippen LogP contribution in [0.25, 0.3) is 22.3 Å². The Morgan fingerprint density at radius 1 is 0.300 bits per heavy atom. The molecule has 0 fully saturated rings. The lowest BCUT2D eigenvalue weighted by atomic mass is 9.88. The Morgan fingerprint density at radius 3 is 0.830 bits per heavy atom. The molecular formula is C88H96N12+4. The molecule has 4 aliphatic rings. The standard InChI is InChI=1S/C25H30N3.C22H23N3.C21H21N3.C20H19N3/c1-26(2)22-13-7-19(8-14-22)25(20-9-15-23(16-10-20)27(3)4)21-11-17-24(18-12-21)28(5)6;1-13-10-16(4-7-19(13)23)22(17-5-8-20(24)14(2)11-17)18-6-9-21(25)15(3)12-18;1-13-11-16(5-9-19(13)23)21(15-3-7-18(22)8-4-15)17-6-10-20(24)14(2)12-17;1-13-12-16(6-11-19(13)23)20(14-2-7-17(21)8-3-14)15-4-9-18(22)10-5-15/h7-18H,1-6H3;4-12,23H,24-25H2,1-3H3;3-12,23H,22,24H2,1-2H3;2-12,21H,22-23H2,1H3/q+1;;;/p+3. The summed E-state index contributed by atoms with van der Waals surface area (Å²) in [6.07, 6.45) is 29.0. The number of benzene rings is 8. The minimum absolute atomic E-state index is 0.749. The lowest BCUT2D eigenvalue weighted by molar-refractivity contribution is -0.462. The summed E-state index contributed by atoms with van der Waals surface area (Å²) in [6.45, 7) is 12.1. The van der Waals surface area contributed by atoms with Gasteiger partial charge < -0.3 is 44.2 Å². The van der Waals surface area contributed by atoms with Gasteiger partial charge in [0, 0.05) is 121 Å². The van der Waals surface area contributed by atoms with Crippen LogP contribution in [0, 0.1) is 27.7 Å². The highest BCUT2D eigenvalue weighted by Gasteiger charge is 2.20. The van der Waals surface area contributed by atoms with Gasteiger partial charge in [-0.15, -0.1) is 0 Å². The molecule has 8 aromatic carbocycles. The van der Waals surface area contributed by atoms with Gasteiger partial charge in [-0.2, -0.15) is 0 Å². The van der Waals surface area contributed by atoms with Crippen molar-refractivity contribution in [2.75, 3.05) is 86.5 Å². The van der Waals surface area contributed by atoms with Gasteiger partial charge in [0.05, 0.1) is 0 Å². The van der Waals surface area contributed by atoms with Crippen LogP contribution in [-0.4, -0.2) is 69.7 Å². The second kappa shape index (κ2) is 32.2. The van der Waals surface area contributed by atoms with Crippen LogP contribution in [0.1, 0.15) is 80.6 Å². The van der Waals surface area contributed by atoms with Crippen molar-refractivity contribution in [2.24, 2.45) is 0 Å². The van der Waals surface area contributed by atoms with E-state index >= 15 is 0 Å². The van der Waals surface area contributed by atoms with E-state index in [1.807, 2.05) is 157 Å². The number of nitrogens with zero attached hydrogens (tertiary/aromatic N) is 3. The molecule has 0 aliphatic heterocycles. The van der Waals surface area contributed by atoms with Gasteiger partial charge in [-0.3, -0.25) is 16.2 Å². The molecule has 0 bridgehead atoms. The maximum absolute atomic E-state index is 6.01. The van der Waals surface area contributed by atoms with Crippen molar-refractivity contribution in [1.29, 1.82) is 0 Å². The highest BCUT2D eigenvalue weighted by atomic mass is 15.1. The quantitative estimate of drug-likeness (QED) is 0.0470. The van der Waals surface area contributed by atoms with E-state index < -0.39 is 0 Å². The predicted molar refractivity (Wildman–Crippen MR) is 430 cm³/mol. The number of hydrogen-bond acceptors (Lipinski definition) is 8. The van der Waals surface area contributed by atoms with E-state index in [0.717, 1.165) is 151 Å². The highest BCUT2D eigenvalue weighted by molar-refractivity contribution is 6.08. The first-order valence-electron chi connectivity index (χ1n) is 33.3. The van der Waals surface area contributed by atoms with E-state index in [1.165, 1.54) is 39.4 Å². The van der Waals surface area contributed by atoms with Gasteiger partial charge in [-0.25, -0.2) is 4.58 Å². The topological polar surface area (TPSA) is 242 Å². The first-order chi connectivity index (χ1) is 47.7. The van der Waals surface area contributed by atoms with Crippen LogP contribution in [0.3, 0.4) is 0 Å². The summed E-state index contributed by atoms with van der Waals surface area (Å²) in [4.78, 5) is 4.25. The zero-order valence-electron chi connectivity index (χ0n) is 59.8. The molecule has 0 spiro atoms. The number of rotatable bonds is 10. The molecule has 12 nitrogen and oxygen atoms in total. The van der Waals surface area contributed by atoms with Gasteiger partial charge in [0.25, 0.3) is 0 Å². The maximum Gasteiger partial charge on any atom is 0.199 e. The lowest BCUT2D eigenvalue weighted by Crippen LogP contribution is -2.39. The van der Waals surface area contributed by atoms with Crippen LogP contribution in [0.2, 0.25) is 0 Å². The lowest BCUT2D eigenvalue weighted by Gasteiger charge is -2.18. The second-order valence-electron chi connectivity index (χ2n) is 26.1. The first kappa shape index (κ1) is 72.0. The van der Waals surface area contributed by atoms with Crippen LogP contribution in [-0.2, 0) is 0 Å². The monoisotopic (exact) mass is 1320 g/mol. The Morgan fingerprint density at radius 2 is 0.550 bits per heavy atom. The number of anilines is 8. The number of hydrogen-bond donors (Lipinski definition) is 9. The second-order valence-corrected chi connectivity index (χ2v) is 26.1. The SMILES string of the molecule is CC1=CC(=C(c2ccc(N)c(C)c2)c2ccc(N)c(C)c2)C=CC1=[NH2+].CC1=CC(=C(c2ccc(N)cc2)c2ccc(N)c(C)c2)C=CC1=[NH2+].CN(C)c1ccc(C(=C2C=CC(=[N+](C)C)C=C2)c2ccc(N(C)C)cc2)cc1.Cc1cc(C(=C2C=CC(=[NH2+])C=C2)c2ccc(N)cc2)ccc1N. The summed E-state index contributed by atoms with van der Waals surface area (Å²) in [5.74, 6) is 0. The highest BCUT2D eigenvalue weighted by Crippen LogP contribution is 2.37. The summed E-state index contributed by atoms with van der Waals surface area (Å²) < 4.78 is 2.13. The van der Waals surface area contributed by atoms with Crippen LogP contribution in [0.4, 0.5) is 45.5 Å². The van der Waals surface area contributed by atoms with E-state index in [4.69, 9.17) is 50.6 Å². The minimum Gasteiger partial charge on any atom is -0.399 e. The van der Waals surface area contributed by atoms with Crippen molar-refractivity contribution in [2.45, 2.75) is 41.5 Å². The molecule has 8 aromatic rings. The van der Waals surface area contributed by atoms with Gasteiger partial charge in [-0.1, -0.05) is 72.8 Å². The normalized spacial score (nSPS) is 14.0. The van der Waals surface area contributed by atoms with Gasteiger partial charge in [0.2, 0.25) is 0 Å². The Labute approximate surface area is 591 Å². The van der Waals surface area contributed by atoms with Crippen molar-refractivity contribution in [1.82, 2.24) is 0 Å². The van der Waals surface area contributed by atoms with E-state index in [1.54, 1.807) is 0 Å². The average Bonchev–Trinajstić information content (AvgIpc) is 0.827. The fourth-order valence-electron chi connectivity index (χ4n) is 11.7. The van der Waals surface area contributed by atoms with Gasteiger partial charge in [0.1, 0.15) is 14.1 Å². The van der Waals surface area contributed by atoms with E-state index in [2.05, 4.69) is 196 Å². The molecule has 0 saturated heterocycles. The van der Waals surface area contributed by atoms with Crippen molar-refractivity contribution in [3.05, 3.63) is 355 Å². The van der Waals surface area contributed by atoms with Crippen molar-refractivity contribution in [3.63, 3.8) is 0 Å². The van der Waals surface area contributed by atoms with Crippen molar-refractivity contribution >= 4 is 90.6 Å². The average molecular weight is 1320 g/mol. The van der Waals surface area contributed by atoms with E-state index in [0.29, 0.717) is 0 Å². The fourth-order valence-corrected chi connectivity index (χ4v) is 11.7. The van der Waals surface area contributed by atoms with E-state index in [9.17, 15) is 0 Å². The Balaban J connectivity index is 0.000000156. The fraction of sp³-hybridized carbons (Fsp3) is 0.136. The van der Waals surface area contributed by atoms with Crippen molar-refractivity contribution in [3.8, 4) is 0 Å². The molecule has 0 heterocycles. The number of allylic oxidation sites excluding steroid dienone is 20. The molecular weight excluding hydrogens is 1230 g/mol. The smallest absolute Gasteiger partial charge is 0.199 e. The molecule has 12 heteroatoms. The molecule has 0 radical (unpaired) electrons. The first-order valence-corrected chi connectivity index (χ1v) is 33.3. The molecule has 0 aromatic heterocycles. The Kier molecular flexibility index (Phi) is 23.2. The summed E-state index contributed by atoms with van der Waals surface area (Å²) >= 11 is 0. The van der Waals surface area contributed by atoms with E-state index in [-0.39, 0.29) is 0 Å². The third-order valence-corrected chi connectivity index (χ3v) is 18.0. The van der Waals surface area contributed by atoms with Crippen molar-refractivity contribution < 1.29 is 20.8 Å². The summed E-state index contributed by atoms with van der Waals surface area (Å²) in [5.41, 5.74) is 71.1. The summed E-state index contributed by atoms with van der Waals surface area (Å²) in [6, 6.07) is 57.9. The molecule has 18 N–H and O–H groups in total. The van der Waals surface area contributed by atoms with Crippen LogP contribution < -0.4 is 60.4 Å². The minimum atomic E-state index is 0.749. The molecule has 100 heavy (non-hydrogen) atoms. The molecule has 0 unspecified atom stereocenters. The van der Waals surface area contributed by atoms with Gasteiger partial charge in [0.15, 0.2) is 22.8 Å². The van der Waals surface area contributed by atoms with Crippen LogP contribution in [0.15, 0.2) is 288 Å². The molecule has 0 amide bonds. The van der Waals surface area contributed by atoms with Gasteiger partial charge in [-0.05, 0) is 299 Å². The van der Waals surface area contributed by atoms with Crippen LogP contribution in [0.5, 0.6) is 0 Å². The molecule has 0 saturated carbocycles. The zero-order chi connectivity index (χ0) is 72.1. The Bertz CT molecular complexity index is 4760.